The number of ketones is 1. The molecule has 2 aromatic rings. The van der Waals surface area contributed by atoms with Crippen LogP contribution in [-0.2, 0) is 14.3 Å². The highest BCUT2D eigenvalue weighted by atomic mass is 16.5. The predicted octanol–water partition coefficient (Wildman–Crippen LogP) is 0.584. The second kappa shape index (κ2) is 11.5. The fourth-order valence-corrected chi connectivity index (χ4v) is 4.89. The standard InChI is InChI=1S/C27H35N3O7/c1-8-29(9-2)12-13-30-23(18-14-17(35-5)10-11-19(18)36-6)21(25(32)26(30)33)24(31)20-15(3)22(27(34)37-7)28-16(20)4/h10-11,14,23,28,31H,8-9,12-13H2,1-7H3/b24-21+. The van der Waals surface area contributed by atoms with Crippen LogP contribution in [0.1, 0.15) is 52.8 Å². The number of hydrogen-bond donors (Lipinski definition) is 2. The number of amides is 1. The molecule has 1 atom stereocenters. The van der Waals surface area contributed by atoms with Crippen molar-refractivity contribution < 1.29 is 38.6 Å². The zero-order chi connectivity index (χ0) is 27.4. The molecule has 1 aromatic heterocycles. The summed E-state index contributed by atoms with van der Waals surface area (Å²) in [5.41, 5.74) is 1.33. The summed E-state index contributed by atoms with van der Waals surface area (Å²) in [6, 6.07) is 4.08. The van der Waals surface area contributed by atoms with Gasteiger partial charge in [-0.2, -0.15) is 0 Å². The normalized spacial score (nSPS) is 17.0. The van der Waals surface area contributed by atoms with Gasteiger partial charge in [0, 0.05) is 16.8 Å². The van der Waals surface area contributed by atoms with Crippen molar-refractivity contribution >= 4 is 23.4 Å². The maximum atomic E-state index is 14.0. The number of carbonyl (C=O) groups is 3. The molecule has 10 heteroatoms. The maximum absolute atomic E-state index is 14.0. The second-order valence-electron chi connectivity index (χ2n) is 8.90. The van der Waals surface area contributed by atoms with E-state index in [1.165, 1.54) is 31.1 Å². The smallest absolute Gasteiger partial charge is 0.354 e. The summed E-state index contributed by atoms with van der Waals surface area (Å²) in [5.74, 6) is -1.96. The molecule has 37 heavy (non-hydrogen) atoms. The summed E-state index contributed by atoms with van der Waals surface area (Å²) in [5, 5.41) is 14.0. The highest BCUT2D eigenvalue weighted by Crippen LogP contribution is 2.44. The van der Waals surface area contributed by atoms with Gasteiger partial charge >= 0.3 is 5.97 Å². The van der Waals surface area contributed by atoms with E-state index in [-0.39, 0.29) is 23.4 Å². The average molecular weight is 514 g/mol. The topological polar surface area (TPSA) is 125 Å². The number of likely N-dealkylation sites (N-methyl/N-ethyl adjacent to an activating group) is 1. The van der Waals surface area contributed by atoms with Gasteiger partial charge in [-0.25, -0.2) is 4.79 Å². The van der Waals surface area contributed by atoms with Crippen molar-refractivity contribution in [1.29, 1.82) is 0 Å². The van der Waals surface area contributed by atoms with Crippen LogP contribution >= 0.6 is 0 Å². The SMILES string of the molecule is CC[NH+](CC)CCN1C(=O)C(=O)/C(=C(/[O-])c2c(C)[nH]c(C(=O)OC)c2C)C1c1cc(OC)ccc1OC. The van der Waals surface area contributed by atoms with E-state index in [2.05, 4.69) is 18.8 Å². The van der Waals surface area contributed by atoms with Crippen LogP contribution < -0.4 is 19.5 Å². The summed E-state index contributed by atoms with van der Waals surface area (Å²) in [6.45, 7) is 9.92. The number of likely N-dealkylation sites (tertiary alicyclic amines) is 1. The first-order valence-corrected chi connectivity index (χ1v) is 12.2. The van der Waals surface area contributed by atoms with E-state index in [0.717, 1.165) is 13.1 Å². The van der Waals surface area contributed by atoms with Gasteiger partial charge in [-0.3, -0.25) is 9.59 Å². The number of quaternary nitrogens is 1. The van der Waals surface area contributed by atoms with Gasteiger partial charge in [0.25, 0.3) is 5.91 Å². The summed E-state index contributed by atoms with van der Waals surface area (Å²) < 4.78 is 15.8. The molecule has 1 aliphatic rings. The van der Waals surface area contributed by atoms with Gasteiger partial charge in [0.15, 0.2) is 0 Å². The lowest BCUT2D eigenvalue weighted by atomic mass is 9.93. The number of esters is 1. The molecule has 1 amide bonds. The van der Waals surface area contributed by atoms with Crippen LogP contribution in [0.3, 0.4) is 0 Å². The number of aromatic amines is 1. The Balaban J connectivity index is 2.28. The number of hydrogen-bond acceptors (Lipinski definition) is 7. The van der Waals surface area contributed by atoms with Gasteiger partial charge in [0.1, 0.15) is 17.2 Å². The van der Waals surface area contributed by atoms with Crippen LogP contribution in [0, 0.1) is 13.8 Å². The van der Waals surface area contributed by atoms with Crippen molar-refractivity contribution in [2.75, 3.05) is 47.5 Å². The third kappa shape index (κ3) is 5.06. The quantitative estimate of drug-likeness (QED) is 0.206. The molecule has 1 unspecified atom stereocenters. The lowest BCUT2D eigenvalue weighted by molar-refractivity contribution is -0.895. The Hall–Kier alpha value is -3.79. The third-order valence-corrected chi connectivity index (χ3v) is 7.02. The molecule has 2 N–H and O–H groups in total. The van der Waals surface area contributed by atoms with E-state index < -0.39 is 29.5 Å². The number of aryl methyl sites for hydroxylation is 1. The summed E-state index contributed by atoms with van der Waals surface area (Å²) in [6.07, 6.45) is 0. The Kier molecular flexibility index (Phi) is 8.65. The summed E-state index contributed by atoms with van der Waals surface area (Å²) in [7, 11) is 4.24. The molecule has 0 radical (unpaired) electrons. The lowest BCUT2D eigenvalue weighted by Gasteiger charge is -2.29. The monoisotopic (exact) mass is 513 g/mol. The van der Waals surface area contributed by atoms with E-state index in [4.69, 9.17) is 14.2 Å². The minimum absolute atomic E-state index is 0.123. The van der Waals surface area contributed by atoms with Crippen molar-refractivity contribution in [3.8, 4) is 11.5 Å². The Labute approximate surface area is 216 Å². The Morgan fingerprint density at radius 3 is 2.35 bits per heavy atom. The number of nitrogens with one attached hydrogen (secondary N) is 2. The number of methoxy groups -OCH3 is 3. The maximum Gasteiger partial charge on any atom is 0.354 e. The number of H-pyrrole nitrogens is 1. The molecule has 0 bridgehead atoms. The van der Waals surface area contributed by atoms with E-state index in [1.54, 1.807) is 32.0 Å². The fourth-order valence-electron chi connectivity index (χ4n) is 4.89. The minimum atomic E-state index is -0.984. The molecule has 0 saturated carbocycles. The molecular formula is C27H35N3O7. The molecule has 3 rings (SSSR count). The van der Waals surface area contributed by atoms with E-state index >= 15 is 0 Å². The molecule has 0 spiro atoms. The number of aromatic nitrogens is 1. The zero-order valence-corrected chi connectivity index (χ0v) is 22.4. The molecule has 10 nitrogen and oxygen atoms in total. The first kappa shape index (κ1) is 27.8. The predicted molar refractivity (Wildman–Crippen MR) is 134 cm³/mol. The Morgan fingerprint density at radius 2 is 1.78 bits per heavy atom. The summed E-state index contributed by atoms with van der Waals surface area (Å²) in [4.78, 5) is 44.6. The number of benzene rings is 1. The highest BCUT2D eigenvalue weighted by molar-refractivity contribution is 6.46. The Bertz CT molecular complexity index is 1230. The van der Waals surface area contributed by atoms with Crippen LogP contribution in [0.15, 0.2) is 23.8 Å². The number of nitrogens with zero attached hydrogens (tertiary/aromatic N) is 1. The van der Waals surface area contributed by atoms with Gasteiger partial charge in [-0.05, 0) is 57.0 Å². The number of ether oxygens (including phenoxy) is 3. The fraction of sp³-hybridized carbons (Fsp3) is 0.444. The molecule has 2 heterocycles. The van der Waals surface area contributed by atoms with Gasteiger partial charge in [0.05, 0.1) is 53.6 Å². The molecule has 1 aliphatic heterocycles. The van der Waals surface area contributed by atoms with Crippen LogP contribution in [-0.4, -0.2) is 75.1 Å². The molecular weight excluding hydrogens is 478 g/mol. The first-order valence-electron chi connectivity index (χ1n) is 12.2. The van der Waals surface area contributed by atoms with Gasteiger partial charge in [-0.15, -0.1) is 0 Å². The number of carbonyl (C=O) groups excluding carboxylic acids is 3. The van der Waals surface area contributed by atoms with Crippen molar-refractivity contribution in [3.63, 3.8) is 0 Å². The molecule has 200 valence electrons. The zero-order valence-electron chi connectivity index (χ0n) is 22.4. The van der Waals surface area contributed by atoms with Crippen molar-refractivity contribution in [3.05, 3.63) is 51.9 Å². The van der Waals surface area contributed by atoms with E-state index in [0.29, 0.717) is 34.9 Å². The van der Waals surface area contributed by atoms with E-state index in [1.807, 2.05) is 0 Å². The largest absolute Gasteiger partial charge is 0.872 e. The summed E-state index contributed by atoms with van der Waals surface area (Å²) >= 11 is 0. The average Bonchev–Trinajstić information content (AvgIpc) is 3.34. The van der Waals surface area contributed by atoms with Gasteiger partial charge in [-0.1, -0.05) is 5.76 Å². The molecule has 1 aromatic carbocycles. The molecule has 1 fully saturated rings. The Morgan fingerprint density at radius 1 is 1.11 bits per heavy atom. The van der Waals surface area contributed by atoms with Crippen LogP contribution in [0.5, 0.6) is 11.5 Å². The van der Waals surface area contributed by atoms with Crippen molar-refractivity contribution in [1.82, 2.24) is 9.88 Å². The van der Waals surface area contributed by atoms with E-state index in [9.17, 15) is 19.5 Å². The van der Waals surface area contributed by atoms with Crippen LogP contribution in [0.4, 0.5) is 0 Å². The number of Topliss-reactive ketones (excluding diaryl/α,β-unsaturated/α-hetero) is 1. The minimum Gasteiger partial charge on any atom is -0.872 e. The number of rotatable bonds is 10. The molecule has 1 saturated heterocycles. The van der Waals surface area contributed by atoms with Crippen molar-refractivity contribution in [2.24, 2.45) is 0 Å². The third-order valence-electron chi connectivity index (χ3n) is 7.02. The second-order valence-corrected chi connectivity index (χ2v) is 8.90. The van der Waals surface area contributed by atoms with Crippen LogP contribution in [0.25, 0.3) is 5.76 Å². The first-order chi connectivity index (χ1) is 17.6. The lowest BCUT2D eigenvalue weighted by Crippen LogP contribution is -3.12. The van der Waals surface area contributed by atoms with Crippen LogP contribution in [0.2, 0.25) is 0 Å². The van der Waals surface area contributed by atoms with Gasteiger partial charge < -0.3 is 34.1 Å². The highest BCUT2D eigenvalue weighted by Gasteiger charge is 2.46. The van der Waals surface area contributed by atoms with Crippen molar-refractivity contribution in [2.45, 2.75) is 33.7 Å². The molecule has 0 aliphatic carbocycles. The van der Waals surface area contributed by atoms with Gasteiger partial charge in [0.2, 0.25) is 5.78 Å².